The average molecular weight is 487 g/mol. The van der Waals surface area contributed by atoms with Crippen LogP contribution in [0.15, 0.2) is 60.8 Å². The lowest BCUT2D eigenvalue weighted by atomic mass is 9.92. The lowest BCUT2D eigenvalue weighted by Crippen LogP contribution is -2.51. The summed E-state index contributed by atoms with van der Waals surface area (Å²) in [5.74, 6) is -0.996. The highest BCUT2D eigenvalue weighted by atomic mass is 19.1. The van der Waals surface area contributed by atoms with E-state index in [4.69, 9.17) is 5.73 Å². The second-order valence-corrected chi connectivity index (χ2v) is 9.44. The van der Waals surface area contributed by atoms with Crippen LogP contribution in [0.4, 0.5) is 14.5 Å². The van der Waals surface area contributed by atoms with E-state index in [1.54, 1.807) is 12.3 Å². The van der Waals surface area contributed by atoms with Gasteiger partial charge in [0.25, 0.3) is 0 Å². The van der Waals surface area contributed by atoms with Crippen molar-refractivity contribution in [2.24, 2.45) is 11.7 Å². The molecular weight excluding hydrogens is 458 g/mol. The number of hydrogen-bond donors (Lipinski definition) is 2. The number of nitrogens with zero attached hydrogens (tertiary/aromatic N) is 2. The van der Waals surface area contributed by atoms with Gasteiger partial charge in [0.2, 0.25) is 5.91 Å². The zero-order valence-electron chi connectivity index (χ0n) is 20.3. The van der Waals surface area contributed by atoms with Crippen LogP contribution in [0.1, 0.15) is 22.8 Å². The van der Waals surface area contributed by atoms with E-state index >= 15 is 0 Å². The molecule has 1 fully saturated rings. The van der Waals surface area contributed by atoms with Crippen LogP contribution in [0, 0.1) is 24.5 Å². The molecule has 0 bridgehead atoms. The molecule has 0 atom stereocenters. The van der Waals surface area contributed by atoms with Gasteiger partial charge in [0.05, 0.1) is 11.2 Å². The predicted octanol–water partition coefficient (Wildman–Crippen LogP) is 5.30. The summed E-state index contributed by atoms with van der Waals surface area (Å²) in [5, 5.41) is 4.30. The molecule has 3 aromatic carbocycles. The Labute approximate surface area is 209 Å². The molecule has 0 aliphatic carbocycles. The van der Waals surface area contributed by atoms with Gasteiger partial charge >= 0.3 is 0 Å². The molecule has 3 N–H and O–H groups in total. The largest absolute Gasteiger partial charge is 0.370 e. The van der Waals surface area contributed by atoms with E-state index in [1.807, 2.05) is 31.2 Å². The first-order chi connectivity index (χ1) is 17.3. The summed E-state index contributed by atoms with van der Waals surface area (Å²) in [5.41, 5.74) is 11.0. The van der Waals surface area contributed by atoms with Crippen molar-refractivity contribution in [3.63, 3.8) is 0 Å². The van der Waals surface area contributed by atoms with Gasteiger partial charge in [-0.1, -0.05) is 19.1 Å². The third-order valence-electron chi connectivity index (χ3n) is 6.66. The smallest absolute Gasteiger partial charge is 0.248 e. The Hall–Kier alpha value is -3.84. The van der Waals surface area contributed by atoms with Gasteiger partial charge in [0.15, 0.2) is 0 Å². The van der Waals surface area contributed by atoms with E-state index in [9.17, 15) is 13.6 Å². The number of halogens is 2. The maximum absolute atomic E-state index is 14.4. The molecule has 1 saturated heterocycles. The number of nitrogens with two attached hydrogens (primary N) is 1. The number of aryl methyl sites for hydroxylation is 1. The second kappa shape index (κ2) is 9.66. The lowest BCUT2D eigenvalue weighted by Gasteiger charge is -2.42. The summed E-state index contributed by atoms with van der Waals surface area (Å²) >= 11 is 0. The Morgan fingerprint density at radius 2 is 1.78 bits per heavy atom. The highest BCUT2D eigenvalue weighted by Crippen LogP contribution is 2.41. The number of anilines is 1. The average Bonchev–Trinajstić information content (AvgIpc) is 2.81. The summed E-state index contributed by atoms with van der Waals surface area (Å²) in [4.78, 5) is 18.7. The van der Waals surface area contributed by atoms with E-state index < -0.39 is 11.7 Å². The van der Waals surface area contributed by atoms with Crippen LogP contribution in [-0.2, 0) is 0 Å². The second-order valence-electron chi connectivity index (χ2n) is 9.44. The van der Waals surface area contributed by atoms with E-state index in [2.05, 4.69) is 22.1 Å². The van der Waals surface area contributed by atoms with Crippen molar-refractivity contribution in [3.05, 3.63) is 83.6 Å². The highest BCUT2D eigenvalue weighted by molar-refractivity contribution is 6.02. The van der Waals surface area contributed by atoms with Crippen molar-refractivity contribution in [3.8, 4) is 22.3 Å². The number of aromatic nitrogens is 1. The van der Waals surface area contributed by atoms with E-state index in [1.165, 1.54) is 18.2 Å². The third-order valence-corrected chi connectivity index (χ3v) is 6.66. The fourth-order valence-electron chi connectivity index (χ4n) is 4.93. The van der Waals surface area contributed by atoms with Gasteiger partial charge in [-0.25, -0.2) is 8.78 Å². The molecule has 36 heavy (non-hydrogen) atoms. The molecule has 0 radical (unpaired) electrons. The van der Waals surface area contributed by atoms with E-state index in [0.717, 1.165) is 71.1 Å². The van der Waals surface area contributed by atoms with Gasteiger partial charge in [0.1, 0.15) is 11.6 Å². The first-order valence-corrected chi connectivity index (χ1v) is 12.1. The molecule has 0 spiro atoms. The molecule has 1 amide bonds. The number of fused-ring (bicyclic) bond motifs is 1. The molecule has 1 aliphatic rings. The standard InChI is InChI=1S/C29H28F2N4O/c1-3-33-13-18-15-35(16-18)28-25-12-19(20-8-22(29(32)36)11-24(31)9-20)4-5-27(25)34-14-26(28)21-6-17(2)7-23(30)10-21/h4-12,14,18,33H,3,13,15-16H2,1-2H3,(H2,32,36). The summed E-state index contributed by atoms with van der Waals surface area (Å²) in [6, 6.07) is 14.8. The van der Waals surface area contributed by atoms with Crippen molar-refractivity contribution in [1.29, 1.82) is 0 Å². The zero-order valence-corrected chi connectivity index (χ0v) is 20.3. The quantitative estimate of drug-likeness (QED) is 0.372. The van der Waals surface area contributed by atoms with Gasteiger partial charge in [-0.2, -0.15) is 0 Å². The minimum atomic E-state index is -0.685. The van der Waals surface area contributed by atoms with Crippen molar-refractivity contribution in [1.82, 2.24) is 10.3 Å². The molecule has 5 nitrogen and oxygen atoms in total. The van der Waals surface area contributed by atoms with Crippen LogP contribution in [-0.4, -0.2) is 37.1 Å². The molecule has 1 aromatic heterocycles. The third kappa shape index (κ3) is 4.66. The Bertz CT molecular complexity index is 1440. The number of nitrogens with one attached hydrogen (secondary N) is 1. The van der Waals surface area contributed by atoms with Crippen LogP contribution in [0.25, 0.3) is 33.2 Å². The number of carbonyl (C=O) groups is 1. The van der Waals surface area contributed by atoms with Gasteiger partial charge < -0.3 is 16.0 Å². The van der Waals surface area contributed by atoms with Crippen LogP contribution >= 0.6 is 0 Å². The molecule has 184 valence electrons. The zero-order chi connectivity index (χ0) is 25.4. The van der Waals surface area contributed by atoms with Crippen LogP contribution in [0.5, 0.6) is 0 Å². The number of carbonyl (C=O) groups excluding carboxylic acids is 1. The predicted molar refractivity (Wildman–Crippen MR) is 140 cm³/mol. The maximum Gasteiger partial charge on any atom is 0.248 e. The van der Waals surface area contributed by atoms with Gasteiger partial charge in [0, 0.05) is 48.3 Å². The number of benzene rings is 3. The van der Waals surface area contributed by atoms with Gasteiger partial charge in [-0.15, -0.1) is 0 Å². The Kier molecular flexibility index (Phi) is 6.41. The number of rotatable bonds is 7. The fraction of sp³-hybridized carbons (Fsp3) is 0.241. The molecule has 2 heterocycles. The van der Waals surface area contributed by atoms with E-state index in [0.29, 0.717) is 11.5 Å². The van der Waals surface area contributed by atoms with Crippen LogP contribution in [0.3, 0.4) is 0 Å². The maximum atomic E-state index is 14.4. The number of primary amides is 1. The summed E-state index contributed by atoms with van der Waals surface area (Å²) < 4.78 is 28.7. The molecule has 7 heteroatoms. The summed E-state index contributed by atoms with van der Waals surface area (Å²) in [6.45, 7) is 7.55. The normalized spacial score (nSPS) is 13.7. The van der Waals surface area contributed by atoms with Crippen molar-refractivity contribution < 1.29 is 13.6 Å². The summed E-state index contributed by atoms with van der Waals surface area (Å²) in [7, 11) is 0. The van der Waals surface area contributed by atoms with Crippen LogP contribution < -0.4 is 16.0 Å². The number of amides is 1. The van der Waals surface area contributed by atoms with Crippen molar-refractivity contribution in [2.75, 3.05) is 31.1 Å². The monoisotopic (exact) mass is 486 g/mol. The topological polar surface area (TPSA) is 71.2 Å². The SMILES string of the molecule is CCNCC1CN(c2c(-c3cc(C)cc(F)c3)cnc3ccc(-c4cc(F)cc(C(N)=O)c4)cc23)C1. The van der Waals surface area contributed by atoms with Gasteiger partial charge in [-0.05, 0) is 78.2 Å². The Morgan fingerprint density at radius 1 is 1.03 bits per heavy atom. The van der Waals surface area contributed by atoms with Crippen molar-refractivity contribution in [2.45, 2.75) is 13.8 Å². The molecule has 5 rings (SSSR count). The fourth-order valence-corrected chi connectivity index (χ4v) is 4.93. The molecular formula is C29H28F2N4O. The first kappa shape index (κ1) is 23.9. The van der Waals surface area contributed by atoms with E-state index in [-0.39, 0.29) is 11.4 Å². The van der Waals surface area contributed by atoms with Crippen LogP contribution in [0.2, 0.25) is 0 Å². The number of pyridine rings is 1. The minimum absolute atomic E-state index is 0.112. The number of hydrogen-bond acceptors (Lipinski definition) is 4. The lowest BCUT2D eigenvalue weighted by molar-refractivity contribution is 0.1000. The highest BCUT2D eigenvalue weighted by Gasteiger charge is 2.30. The first-order valence-electron chi connectivity index (χ1n) is 12.1. The van der Waals surface area contributed by atoms with Gasteiger partial charge in [-0.3, -0.25) is 9.78 Å². The minimum Gasteiger partial charge on any atom is -0.370 e. The molecule has 1 aliphatic heterocycles. The summed E-state index contributed by atoms with van der Waals surface area (Å²) in [6.07, 6.45) is 1.80. The Balaban J connectivity index is 1.67. The van der Waals surface area contributed by atoms with Crippen molar-refractivity contribution >= 4 is 22.5 Å². The molecule has 0 saturated carbocycles. The molecule has 0 unspecified atom stereocenters. The Morgan fingerprint density at radius 3 is 2.50 bits per heavy atom. The molecule has 4 aromatic rings.